The number of nitrogens with one attached hydrogen (secondary N) is 2. The third kappa shape index (κ3) is 3.25. The molecule has 6 nitrogen and oxygen atoms in total. The van der Waals surface area contributed by atoms with Crippen LogP contribution in [0.2, 0.25) is 0 Å². The van der Waals surface area contributed by atoms with E-state index in [-0.39, 0.29) is 5.56 Å². The van der Waals surface area contributed by atoms with Crippen LogP contribution in [0.1, 0.15) is 39.7 Å². The normalized spacial score (nSPS) is 21.0. The number of benzene rings is 1. The number of imide groups is 1. The number of carbonyl (C=O) groups is 3. The average molecular weight is 335 g/mol. The van der Waals surface area contributed by atoms with Crippen molar-refractivity contribution >= 4 is 17.8 Å². The Bertz CT molecular complexity index is 689. The fourth-order valence-corrected chi connectivity index (χ4v) is 2.54. The van der Waals surface area contributed by atoms with Gasteiger partial charge in [0.25, 0.3) is 5.91 Å². The summed E-state index contributed by atoms with van der Waals surface area (Å²) in [5, 5.41) is 5.25. The molecule has 1 fully saturated rings. The van der Waals surface area contributed by atoms with Crippen LogP contribution in [0.4, 0.5) is 9.18 Å². The smallest absolute Gasteiger partial charge is 0.325 e. The average Bonchev–Trinajstić information content (AvgIpc) is 2.71. The third-order valence-corrected chi connectivity index (χ3v) is 4.35. The molecule has 7 heteroatoms. The highest BCUT2D eigenvalue weighted by molar-refractivity contribution is 6.09. The van der Waals surface area contributed by atoms with Gasteiger partial charge in [-0.25, -0.2) is 9.18 Å². The highest BCUT2D eigenvalue weighted by Gasteiger charge is 2.50. The summed E-state index contributed by atoms with van der Waals surface area (Å²) in [7, 11) is 0. The molecule has 4 amide bonds. The molecule has 0 spiro atoms. The van der Waals surface area contributed by atoms with E-state index in [4.69, 9.17) is 0 Å². The third-order valence-electron chi connectivity index (χ3n) is 4.35. The van der Waals surface area contributed by atoms with Gasteiger partial charge in [-0.15, -0.1) is 0 Å². The van der Waals surface area contributed by atoms with Crippen LogP contribution in [-0.4, -0.2) is 34.8 Å². The van der Waals surface area contributed by atoms with Gasteiger partial charge in [-0.1, -0.05) is 25.1 Å². The van der Waals surface area contributed by atoms with Crippen molar-refractivity contribution < 1.29 is 18.8 Å². The number of hydrogen-bond donors (Lipinski definition) is 2. The van der Waals surface area contributed by atoms with Gasteiger partial charge in [-0.3, -0.25) is 14.5 Å². The van der Waals surface area contributed by atoms with Gasteiger partial charge in [0, 0.05) is 11.1 Å². The lowest BCUT2D eigenvalue weighted by atomic mass is 9.91. The molecule has 1 aliphatic heterocycles. The summed E-state index contributed by atoms with van der Waals surface area (Å²) in [5.41, 5.74) is -1.89. The van der Waals surface area contributed by atoms with Crippen molar-refractivity contribution in [2.75, 3.05) is 6.54 Å². The van der Waals surface area contributed by atoms with Gasteiger partial charge in [0.1, 0.15) is 17.9 Å². The van der Waals surface area contributed by atoms with E-state index in [1.165, 1.54) is 25.1 Å². The second-order valence-electron chi connectivity index (χ2n) is 6.71. The molecule has 1 heterocycles. The fourth-order valence-electron chi connectivity index (χ4n) is 2.54. The first kappa shape index (κ1) is 17.9. The number of urea groups is 1. The first-order valence-corrected chi connectivity index (χ1v) is 7.81. The van der Waals surface area contributed by atoms with Crippen LogP contribution in [0, 0.1) is 5.82 Å². The monoisotopic (exact) mass is 335 g/mol. The minimum absolute atomic E-state index is 0.0696. The second kappa shape index (κ2) is 6.22. The Morgan fingerprint density at radius 2 is 1.96 bits per heavy atom. The SMILES string of the molecule is CCC(C)(C)NC(=O)CN1C(=O)N[C@](C)(c2ccccc2F)C1=O. The molecule has 2 rings (SSSR count). The molecule has 2 N–H and O–H groups in total. The Labute approximate surface area is 140 Å². The summed E-state index contributed by atoms with van der Waals surface area (Å²) in [6.45, 7) is 6.64. The molecule has 1 saturated heterocycles. The van der Waals surface area contributed by atoms with E-state index in [2.05, 4.69) is 10.6 Å². The molecule has 0 unspecified atom stereocenters. The van der Waals surface area contributed by atoms with Gasteiger partial charge in [-0.2, -0.15) is 0 Å². The highest BCUT2D eigenvalue weighted by Crippen LogP contribution is 2.30. The van der Waals surface area contributed by atoms with Crippen LogP contribution >= 0.6 is 0 Å². The Morgan fingerprint density at radius 3 is 2.54 bits per heavy atom. The van der Waals surface area contributed by atoms with E-state index < -0.39 is 41.3 Å². The molecular weight excluding hydrogens is 313 g/mol. The standard InChI is InChI=1S/C17H22FN3O3/c1-5-16(2,3)19-13(22)10-21-14(23)17(4,20-15(21)24)11-8-6-7-9-12(11)18/h6-9H,5,10H2,1-4H3,(H,19,22)(H,20,24)/t17-/m1/s1. The van der Waals surface area contributed by atoms with Gasteiger partial charge < -0.3 is 10.6 Å². The van der Waals surface area contributed by atoms with E-state index in [1.807, 2.05) is 20.8 Å². The van der Waals surface area contributed by atoms with Gasteiger partial charge in [0.05, 0.1) is 0 Å². The quantitative estimate of drug-likeness (QED) is 0.807. The summed E-state index contributed by atoms with van der Waals surface area (Å²) in [6, 6.07) is 5.04. The second-order valence-corrected chi connectivity index (χ2v) is 6.71. The lowest BCUT2D eigenvalue weighted by molar-refractivity contribution is -0.135. The number of amides is 4. The Hall–Kier alpha value is -2.44. The summed E-state index contributed by atoms with van der Waals surface area (Å²) >= 11 is 0. The number of nitrogens with zero attached hydrogens (tertiary/aromatic N) is 1. The van der Waals surface area contributed by atoms with Crippen molar-refractivity contribution in [3.8, 4) is 0 Å². The molecular formula is C17H22FN3O3. The zero-order chi connectivity index (χ0) is 18.1. The predicted molar refractivity (Wildman–Crippen MR) is 86.5 cm³/mol. The van der Waals surface area contributed by atoms with E-state index in [9.17, 15) is 18.8 Å². The van der Waals surface area contributed by atoms with E-state index in [0.29, 0.717) is 6.42 Å². The van der Waals surface area contributed by atoms with Crippen LogP contribution in [0.25, 0.3) is 0 Å². The minimum Gasteiger partial charge on any atom is -0.350 e. The van der Waals surface area contributed by atoms with Crippen molar-refractivity contribution in [1.29, 1.82) is 0 Å². The maximum Gasteiger partial charge on any atom is 0.325 e. The molecule has 0 bridgehead atoms. The number of hydrogen-bond acceptors (Lipinski definition) is 3. The topological polar surface area (TPSA) is 78.5 Å². The lowest BCUT2D eigenvalue weighted by Crippen LogP contribution is -2.49. The number of halogens is 1. The first-order chi connectivity index (χ1) is 11.1. The Kier molecular flexibility index (Phi) is 4.64. The van der Waals surface area contributed by atoms with Gasteiger partial charge in [0.15, 0.2) is 0 Å². The van der Waals surface area contributed by atoms with Crippen LogP contribution in [-0.2, 0) is 15.1 Å². The number of rotatable bonds is 5. The van der Waals surface area contributed by atoms with Gasteiger partial charge >= 0.3 is 6.03 Å². The van der Waals surface area contributed by atoms with Crippen molar-refractivity contribution in [1.82, 2.24) is 15.5 Å². The maximum atomic E-state index is 14.0. The molecule has 1 aromatic carbocycles. The lowest BCUT2D eigenvalue weighted by Gasteiger charge is -2.26. The predicted octanol–water partition coefficient (Wildman–Crippen LogP) is 1.90. The summed E-state index contributed by atoms with van der Waals surface area (Å²) in [4.78, 5) is 37.7. The Balaban J connectivity index is 2.21. The molecule has 24 heavy (non-hydrogen) atoms. The molecule has 1 atom stereocenters. The Morgan fingerprint density at radius 1 is 1.33 bits per heavy atom. The van der Waals surface area contributed by atoms with Crippen LogP contribution in [0.3, 0.4) is 0 Å². The zero-order valence-corrected chi connectivity index (χ0v) is 14.3. The van der Waals surface area contributed by atoms with E-state index in [0.717, 1.165) is 4.90 Å². The molecule has 1 aromatic rings. The molecule has 1 aliphatic rings. The first-order valence-electron chi connectivity index (χ1n) is 7.81. The van der Waals surface area contributed by atoms with Crippen molar-refractivity contribution in [3.63, 3.8) is 0 Å². The summed E-state index contributed by atoms with van der Waals surface area (Å²) < 4.78 is 14.0. The molecule has 0 aliphatic carbocycles. The molecule has 0 radical (unpaired) electrons. The number of carbonyl (C=O) groups excluding carboxylic acids is 3. The molecule has 0 saturated carbocycles. The van der Waals surface area contributed by atoms with E-state index in [1.54, 1.807) is 6.07 Å². The van der Waals surface area contributed by atoms with Crippen molar-refractivity contribution in [2.24, 2.45) is 0 Å². The van der Waals surface area contributed by atoms with Gasteiger partial charge in [0.2, 0.25) is 5.91 Å². The molecule has 0 aromatic heterocycles. The van der Waals surface area contributed by atoms with Crippen molar-refractivity contribution in [2.45, 2.75) is 45.2 Å². The summed E-state index contributed by atoms with van der Waals surface area (Å²) in [5.74, 6) is -1.68. The molecule has 130 valence electrons. The maximum absolute atomic E-state index is 14.0. The zero-order valence-electron chi connectivity index (χ0n) is 14.3. The summed E-state index contributed by atoms with van der Waals surface area (Å²) in [6.07, 6.45) is 0.700. The van der Waals surface area contributed by atoms with Crippen LogP contribution < -0.4 is 10.6 Å². The minimum atomic E-state index is -1.52. The van der Waals surface area contributed by atoms with E-state index >= 15 is 0 Å². The van der Waals surface area contributed by atoms with Gasteiger partial charge in [-0.05, 0) is 33.3 Å². The van der Waals surface area contributed by atoms with Crippen LogP contribution in [0.15, 0.2) is 24.3 Å². The van der Waals surface area contributed by atoms with Crippen LogP contribution in [0.5, 0.6) is 0 Å². The largest absolute Gasteiger partial charge is 0.350 e. The fraction of sp³-hybridized carbons (Fsp3) is 0.471. The van der Waals surface area contributed by atoms with Crippen molar-refractivity contribution in [3.05, 3.63) is 35.6 Å². The highest BCUT2D eigenvalue weighted by atomic mass is 19.1.